The van der Waals surface area contributed by atoms with Crippen LogP contribution in [0, 0.1) is 6.92 Å². The highest BCUT2D eigenvalue weighted by Crippen LogP contribution is 2.53. The molecule has 1 fully saturated rings. The summed E-state index contributed by atoms with van der Waals surface area (Å²) in [5.74, 6) is -4.61. The third-order valence-electron chi connectivity index (χ3n) is 16.6. The maximum Gasteiger partial charge on any atom is 0.258 e. The predicted octanol–water partition coefficient (Wildman–Crippen LogP) is 6.56. The van der Waals surface area contributed by atoms with E-state index in [1.54, 1.807) is 30.6 Å². The van der Waals surface area contributed by atoms with Crippen LogP contribution in [0.1, 0.15) is 156 Å². The molecule has 0 saturated carbocycles. The molecule has 1 amide bonds. The molecule has 3 aromatic carbocycles. The van der Waals surface area contributed by atoms with E-state index >= 15 is 0 Å². The Labute approximate surface area is 483 Å². The molecule has 5 heterocycles. The summed E-state index contributed by atoms with van der Waals surface area (Å²) in [6.07, 6.45) is 0.471. The van der Waals surface area contributed by atoms with Crippen molar-refractivity contribution in [3.8, 4) is 23.0 Å². The van der Waals surface area contributed by atoms with Crippen LogP contribution in [0.3, 0.4) is 0 Å². The molecule has 0 radical (unpaired) electrons. The maximum absolute atomic E-state index is 14.2. The number of hydrogen-bond acceptors (Lipinski definition) is 19. The lowest BCUT2D eigenvalue weighted by atomic mass is 9.72. The van der Waals surface area contributed by atoms with Crippen LogP contribution >= 0.6 is 0 Å². The number of allylic oxidation sites excluding steroid dienone is 4. The van der Waals surface area contributed by atoms with Crippen LogP contribution in [0.15, 0.2) is 60.9 Å². The minimum absolute atomic E-state index is 0.00362. The van der Waals surface area contributed by atoms with Gasteiger partial charge in [-0.05, 0) is 123 Å². The van der Waals surface area contributed by atoms with Gasteiger partial charge >= 0.3 is 0 Å². The zero-order valence-corrected chi connectivity index (χ0v) is 47.5. The van der Waals surface area contributed by atoms with E-state index in [0.717, 1.165) is 74.4 Å². The van der Waals surface area contributed by atoms with Gasteiger partial charge in [0.15, 0.2) is 24.5 Å². The number of aromatic nitrogens is 5. The van der Waals surface area contributed by atoms with Crippen LogP contribution in [0.5, 0.6) is 23.0 Å². The molecule has 0 unspecified atom stereocenters. The molecule has 21 nitrogen and oxygen atoms in total. The van der Waals surface area contributed by atoms with Gasteiger partial charge in [-0.3, -0.25) is 29.1 Å². The number of aliphatic hydroxyl groups excluding tert-OH is 4. The number of nitrogens with zero attached hydrogens (tertiary/aromatic N) is 4. The fraction of sp³-hybridized carbons (Fsp3) is 0.397. The van der Waals surface area contributed by atoms with Gasteiger partial charge < -0.3 is 65.0 Å². The SMILES string of the molecule is CCC1=C(CC)c2cc3[nH]c(cnc4ccc(OCC(=O)N[C@H]5C[C@H](O[C@H]6C[C@](O)(C(=O)CO)Cc7c(O)c8c(c(O)c76)C(=O)c6c(OC)cccc6C8=O)O[C@@H](C)[C@H]5O)cc4ncc4nc(cc1n2)C(CCCO)=C4C)c(C)c3CCCO. The van der Waals surface area contributed by atoms with Crippen molar-refractivity contribution >= 4 is 67.6 Å². The first kappa shape index (κ1) is 59.2. The molecule has 6 atom stereocenters. The van der Waals surface area contributed by atoms with Crippen molar-refractivity contribution in [2.75, 3.05) is 33.5 Å². The summed E-state index contributed by atoms with van der Waals surface area (Å²) in [5, 5.41) is 79.5. The number of carbonyl (C=O) groups is 4. The zero-order valence-electron chi connectivity index (χ0n) is 47.5. The first-order chi connectivity index (χ1) is 40.4. The summed E-state index contributed by atoms with van der Waals surface area (Å²) in [6.45, 7) is 8.10. The van der Waals surface area contributed by atoms with Crippen LogP contribution in [-0.2, 0) is 31.9 Å². The smallest absolute Gasteiger partial charge is 0.258 e. The molecular weight excluding hydrogens is 1080 g/mol. The maximum atomic E-state index is 14.2. The van der Waals surface area contributed by atoms with E-state index in [-0.39, 0.29) is 53.4 Å². The Morgan fingerprint density at radius 1 is 0.821 bits per heavy atom. The number of hydrogen-bond donors (Lipinski definition) is 9. The highest BCUT2D eigenvalue weighted by Gasteiger charge is 2.50. The Hall–Kier alpha value is -8.02. The number of benzene rings is 3. The molecule has 10 rings (SSSR count). The zero-order chi connectivity index (χ0) is 59.9. The fourth-order valence-corrected chi connectivity index (χ4v) is 12.1. The lowest BCUT2D eigenvalue weighted by Crippen LogP contribution is -2.56. The standard InChI is InChI=1S/C63H68N6O15/c1-7-34-35(8-2)42-22-44-37(14-11-19-71)31(4)48(68-44)27-65-45-20-33(16-17-40(45)64-26-47-30(3)36(13-10-18-70)43(67-47)21-41(34)66-42)82-29-52(74)69-46-23-53(83-32(5)58(46)75)84-50-25-63(80,51(73)28-72)24-39-55(50)62(79)57-56(60(39)77)59(76)38-12-9-15-49(81-6)54(38)61(57)78/h9,12,15-17,20-22,26-27,32,46,50,53,58,67,70-72,75,77,79-80H,7-8,10-11,13-14,18-19,23-25,28-29H2,1-6H3,(H,69,74)/t32-,46-,50-,53-,58+,63-/m0/s1. The van der Waals surface area contributed by atoms with Gasteiger partial charge in [-0.15, -0.1) is 0 Å². The summed E-state index contributed by atoms with van der Waals surface area (Å²) < 4.78 is 23.9. The van der Waals surface area contributed by atoms with Gasteiger partial charge in [-0.1, -0.05) is 26.0 Å². The number of aromatic hydroxyl groups is 2. The summed E-state index contributed by atoms with van der Waals surface area (Å²) >= 11 is 0. The summed E-state index contributed by atoms with van der Waals surface area (Å²) in [7, 11) is 1.31. The number of methoxy groups -OCH3 is 1. The van der Waals surface area contributed by atoms with Gasteiger partial charge in [-0.25, -0.2) is 9.97 Å². The van der Waals surface area contributed by atoms with Gasteiger partial charge in [0.05, 0.1) is 93.8 Å². The Bertz CT molecular complexity index is 3800. The predicted molar refractivity (Wildman–Crippen MR) is 309 cm³/mol. The molecule has 440 valence electrons. The molecule has 5 aliphatic rings. The number of rotatable bonds is 17. The van der Waals surface area contributed by atoms with Gasteiger partial charge in [0.2, 0.25) is 5.78 Å². The second kappa shape index (κ2) is 24.3. The normalized spacial score (nSPS) is 21.0. The number of ether oxygens (including phenoxy) is 4. The quantitative estimate of drug-likeness (QED) is 0.0437. The molecule has 6 bridgehead atoms. The van der Waals surface area contributed by atoms with Crippen LogP contribution in [0.25, 0.3) is 44.4 Å². The van der Waals surface area contributed by atoms with Crippen molar-refractivity contribution in [3.05, 3.63) is 128 Å². The lowest BCUT2D eigenvalue weighted by molar-refractivity contribution is -0.249. The van der Waals surface area contributed by atoms with E-state index in [2.05, 4.69) is 30.2 Å². The third-order valence-corrected chi connectivity index (χ3v) is 16.6. The van der Waals surface area contributed by atoms with Crippen molar-refractivity contribution in [3.63, 3.8) is 0 Å². The number of phenols is 2. The number of H-pyrrole nitrogens is 1. The summed E-state index contributed by atoms with van der Waals surface area (Å²) in [5.41, 5.74) is 7.30. The van der Waals surface area contributed by atoms with E-state index < -0.39 is 108 Å². The van der Waals surface area contributed by atoms with Crippen LogP contribution in [-0.4, -0.2) is 148 Å². The van der Waals surface area contributed by atoms with Crippen LogP contribution in [0.4, 0.5) is 0 Å². The topological polar surface area (TPSA) is 326 Å². The Kier molecular flexibility index (Phi) is 17.1. The molecule has 2 aromatic heterocycles. The van der Waals surface area contributed by atoms with E-state index in [9.17, 15) is 54.9 Å². The molecule has 5 aromatic rings. The highest BCUT2D eigenvalue weighted by atomic mass is 16.7. The monoisotopic (exact) mass is 1150 g/mol. The van der Waals surface area contributed by atoms with E-state index in [4.69, 9.17) is 38.9 Å². The number of fused-ring (bicyclic) bond motifs is 10. The second-order valence-corrected chi connectivity index (χ2v) is 21.7. The molecule has 0 spiro atoms. The van der Waals surface area contributed by atoms with E-state index in [1.165, 1.54) is 32.2 Å². The third kappa shape index (κ3) is 10.9. The summed E-state index contributed by atoms with van der Waals surface area (Å²) in [6, 6.07) is 12.3. The number of aryl methyl sites for hydroxylation is 2. The molecule has 84 heavy (non-hydrogen) atoms. The number of carbonyl (C=O) groups excluding carboxylic acids is 4. The number of Topliss-reactive ketones (excluding diaryl/α,β-unsaturated/α-hetero) is 1. The Balaban J connectivity index is 0.948. The Morgan fingerprint density at radius 3 is 2.23 bits per heavy atom. The second-order valence-electron chi connectivity index (χ2n) is 21.7. The number of aromatic amines is 1. The minimum atomic E-state index is -2.40. The average molecular weight is 1150 g/mol. The molecule has 2 aliphatic carbocycles. The molecular formula is C63H68N6O15. The number of ketones is 3. The van der Waals surface area contributed by atoms with Crippen molar-refractivity contribution in [1.82, 2.24) is 30.2 Å². The van der Waals surface area contributed by atoms with Crippen molar-refractivity contribution in [2.24, 2.45) is 0 Å². The first-order valence-electron chi connectivity index (χ1n) is 28.2. The van der Waals surface area contributed by atoms with Gasteiger partial charge in [-0.2, -0.15) is 0 Å². The number of phenolic OH excluding ortho intramolecular Hbond substituents is 2. The van der Waals surface area contributed by atoms with Crippen LogP contribution in [0.2, 0.25) is 0 Å². The Morgan fingerprint density at radius 2 is 1.51 bits per heavy atom. The fourth-order valence-electron chi connectivity index (χ4n) is 12.1. The number of amides is 1. The summed E-state index contributed by atoms with van der Waals surface area (Å²) in [4.78, 5) is 78.8. The van der Waals surface area contributed by atoms with Crippen LogP contribution < -0.4 is 14.8 Å². The molecule has 9 N–H and O–H groups in total. The highest BCUT2D eigenvalue weighted by molar-refractivity contribution is 6.31. The van der Waals surface area contributed by atoms with Gasteiger partial charge in [0.25, 0.3) is 5.91 Å². The van der Waals surface area contributed by atoms with E-state index in [0.29, 0.717) is 42.4 Å². The van der Waals surface area contributed by atoms with Crippen molar-refractivity contribution in [1.29, 1.82) is 0 Å². The average Bonchev–Trinajstić information content (AvgIpc) is 3.09. The number of aliphatic hydroxyl groups is 5. The van der Waals surface area contributed by atoms with Crippen molar-refractivity contribution in [2.45, 2.75) is 129 Å². The van der Waals surface area contributed by atoms with Crippen molar-refractivity contribution < 1.29 is 73.9 Å². The molecule has 1 saturated heterocycles. The van der Waals surface area contributed by atoms with E-state index in [1.807, 2.05) is 19.9 Å². The first-order valence-corrected chi connectivity index (χ1v) is 28.2. The largest absolute Gasteiger partial charge is 0.507 e. The minimum Gasteiger partial charge on any atom is -0.507 e. The van der Waals surface area contributed by atoms with Gasteiger partial charge in [0.1, 0.15) is 41.3 Å². The molecule has 3 aliphatic heterocycles. The lowest BCUT2D eigenvalue weighted by Gasteiger charge is -2.42. The number of nitrogens with one attached hydrogen (secondary N) is 2. The van der Waals surface area contributed by atoms with Gasteiger partial charge in [0, 0.05) is 60.7 Å². The molecule has 21 heteroatoms.